The van der Waals surface area contributed by atoms with Gasteiger partial charge in [-0.05, 0) is 24.6 Å². The Labute approximate surface area is 106 Å². The molecule has 0 radical (unpaired) electrons. The third-order valence-corrected chi connectivity index (χ3v) is 3.73. The fourth-order valence-electron chi connectivity index (χ4n) is 1.71. The van der Waals surface area contributed by atoms with Gasteiger partial charge >= 0.3 is 0 Å². The predicted molar refractivity (Wildman–Crippen MR) is 67.4 cm³/mol. The fourth-order valence-corrected chi connectivity index (χ4v) is 2.66. The second kappa shape index (κ2) is 4.66. The van der Waals surface area contributed by atoms with E-state index >= 15 is 0 Å². The minimum Gasteiger partial charge on any atom is -0.337 e. The Bertz CT molecular complexity index is 381. The van der Waals surface area contributed by atoms with Crippen molar-refractivity contribution < 1.29 is 4.79 Å². The molecule has 1 fully saturated rings. The molecule has 1 heterocycles. The van der Waals surface area contributed by atoms with Crippen molar-refractivity contribution in [2.45, 2.75) is 11.2 Å². The first kappa shape index (κ1) is 11.1. The largest absolute Gasteiger partial charge is 0.337 e. The highest BCUT2D eigenvalue weighted by atomic mass is 79.9. The highest BCUT2D eigenvalue weighted by molar-refractivity contribution is 9.10. The zero-order valence-corrected chi connectivity index (χ0v) is 11.3. The van der Waals surface area contributed by atoms with E-state index in [0.29, 0.717) is 4.83 Å². The summed E-state index contributed by atoms with van der Waals surface area (Å²) in [5, 5.41) is 0. The van der Waals surface area contributed by atoms with Crippen LogP contribution in [0.5, 0.6) is 0 Å². The van der Waals surface area contributed by atoms with Gasteiger partial charge in [-0.25, -0.2) is 0 Å². The minimum atomic E-state index is 0.123. The maximum absolute atomic E-state index is 12.0. The van der Waals surface area contributed by atoms with E-state index in [1.807, 2.05) is 29.2 Å². The van der Waals surface area contributed by atoms with Gasteiger partial charge in [0.15, 0.2) is 0 Å². The van der Waals surface area contributed by atoms with Gasteiger partial charge in [-0.1, -0.05) is 37.9 Å². The first-order chi connectivity index (χ1) is 7.16. The summed E-state index contributed by atoms with van der Waals surface area (Å²) in [6, 6.07) is 7.53. The molecule has 2 nitrogen and oxygen atoms in total. The number of likely N-dealkylation sites (tertiary alicyclic amines) is 1. The lowest BCUT2D eigenvalue weighted by atomic mass is 10.2. The van der Waals surface area contributed by atoms with E-state index in [4.69, 9.17) is 0 Å². The van der Waals surface area contributed by atoms with Crippen LogP contribution in [0, 0.1) is 0 Å². The first-order valence-corrected chi connectivity index (χ1v) is 6.56. The topological polar surface area (TPSA) is 20.3 Å². The second-order valence-electron chi connectivity index (χ2n) is 3.65. The van der Waals surface area contributed by atoms with Crippen LogP contribution in [0.4, 0.5) is 0 Å². The molecule has 1 aromatic carbocycles. The standard InChI is InChI=1S/C11H11Br2NO/c12-9-3-1-2-8(6-9)11(15)14-5-4-10(13)7-14/h1-3,6,10H,4-5,7H2. The highest BCUT2D eigenvalue weighted by Crippen LogP contribution is 2.20. The van der Waals surface area contributed by atoms with Crippen LogP contribution in [0.3, 0.4) is 0 Å². The van der Waals surface area contributed by atoms with Crippen molar-refractivity contribution in [3.63, 3.8) is 0 Å². The van der Waals surface area contributed by atoms with Crippen LogP contribution < -0.4 is 0 Å². The molecule has 1 aliphatic rings. The van der Waals surface area contributed by atoms with Gasteiger partial charge in [-0.2, -0.15) is 0 Å². The van der Waals surface area contributed by atoms with Crippen molar-refractivity contribution in [3.8, 4) is 0 Å². The van der Waals surface area contributed by atoms with E-state index in [0.717, 1.165) is 29.5 Å². The molecule has 1 aliphatic heterocycles. The molecule has 1 saturated heterocycles. The molecule has 0 aliphatic carbocycles. The van der Waals surface area contributed by atoms with Crippen molar-refractivity contribution >= 4 is 37.8 Å². The van der Waals surface area contributed by atoms with Gasteiger partial charge in [0.25, 0.3) is 5.91 Å². The summed E-state index contributed by atoms with van der Waals surface area (Å²) >= 11 is 6.90. The molecule has 15 heavy (non-hydrogen) atoms. The van der Waals surface area contributed by atoms with Crippen molar-refractivity contribution in [2.75, 3.05) is 13.1 Å². The maximum Gasteiger partial charge on any atom is 0.253 e. The third kappa shape index (κ3) is 2.61. The monoisotopic (exact) mass is 331 g/mol. The number of carbonyl (C=O) groups is 1. The van der Waals surface area contributed by atoms with Crippen LogP contribution in [-0.4, -0.2) is 28.7 Å². The first-order valence-electron chi connectivity index (χ1n) is 4.86. The highest BCUT2D eigenvalue weighted by Gasteiger charge is 2.24. The Morgan fingerprint density at radius 2 is 2.27 bits per heavy atom. The summed E-state index contributed by atoms with van der Waals surface area (Å²) in [5.41, 5.74) is 0.756. The summed E-state index contributed by atoms with van der Waals surface area (Å²) in [6.45, 7) is 1.66. The molecule has 1 amide bonds. The van der Waals surface area contributed by atoms with Gasteiger partial charge in [-0.3, -0.25) is 4.79 Å². The maximum atomic E-state index is 12.0. The molecule has 4 heteroatoms. The third-order valence-electron chi connectivity index (χ3n) is 2.49. The Morgan fingerprint density at radius 3 is 2.87 bits per heavy atom. The van der Waals surface area contributed by atoms with Crippen molar-refractivity contribution in [3.05, 3.63) is 34.3 Å². The summed E-state index contributed by atoms with van der Waals surface area (Å²) in [5.74, 6) is 0.123. The predicted octanol–water partition coefficient (Wildman–Crippen LogP) is 3.06. The number of halogens is 2. The quantitative estimate of drug-likeness (QED) is 0.724. The van der Waals surface area contributed by atoms with Crippen LogP contribution >= 0.6 is 31.9 Å². The SMILES string of the molecule is O=C(c1cccc(Br)c1)N1CCC(Br)C1. The van der Waals surface area contributed by atoms with Crippen LogP contribution in [0.15, 0.2) is 28.7 Å². The molecule has 0 aromatic heterocycles. The van der Waals surface area contributed by atoms with Crippen molar-refractivity contribution in [1.29, 1.82) is 0 Å². The molecular weight excluding hydrogens is 322 g/mol. The zero-order chi connectivity index (χ0) is 10.8. The molecule has 0 spiro atoms. The van der Waals surface area contributed by atoms with Crippen LogP contribution in [0.25, 0.3) is 0 Å². The van der Waals surface area contributed by atoms with Gasteiger partial charge in [0.05, 0.1) is 0 Å². The molecule has 2 rings (SSSR count). The number of amides is 1. The average Bonchev–Trinajstić information content (AvgIpc) is 2.64. The number of benzene rings is 1. The fraction of sp³-hybridized carbons (Fsp3) is 0.364. The van der Waals surface area contributed by atoms with Crippen LogP contribution in [0.2, 0.25) is 0 Å². The van der Waals surface area contributed by atoms with Gasteiger partial charge in [0, 0.05) is 28.0 Å². The lowest BCUT2D eigenvalue weighted by molar-refractivity contribution is 0.0793. The summed E-state index contributed by atoms with van der Waals surface area (Å²) in [7, 11) is 0. The minimum absolute atomic E-state index is 0.123. The van der Waals surface area contributed by atoms with E-state index in [9.17, 15) is 4.79 Å². The van der Waals surface area contributed by atoms with E-state index in [1.165, 1.54) is 0 Å². The molecule has 0 N–H and O–H groups in total. The summed E-state index contributed by atoms with van der Waals surface area (Å²) in [6.07, 6.45) is 1.04. The molecular formula is C11H11Br2NO. The number of hydrogen-bond donors (Lipinski definition) is 0. The Balaban J connectivity index is 2.14. The van der Waals surface area contributed by atoms with Gasteiger partial charge in [0.2, 0.25) is 0 Å². The second-order valence-corrected chi connectivity index (χ2v) is 5.86. The molecule has 1 atom stereocenters. The smallest absolute Gasteiger partial charge is 0.253 e. The van der Waals surface area contributed by atoms with Crippen LogP contribution in [-0.2, 0) is 0 Å². The van der Waals surface area contributed by atoms with Crippen LogP contribution in [0.1, 0.15) is 16.8 Å². The zero-order valence-electron chi connectivity index (χ0n) is 8.12. The van der Waals surface area contributed by atoms with E-state index in [2.05, 4.69) is 31.9 Å². The lowest BCUT2D eigenvalue weighted by Gasteiger charge is -2.15. The van der Waals surface area contributed by atoms with E-state index in [1.54, 1.807) is 0 Å². The Hall–Kier alpha value is -0.350. The number of hydrogen-bond acceptors (Lipinski definition) is 1. The van der Waals surface area contributed by atoms with Crippen molar-refractivity contribution in [1.82, 2.24) is 4.90 Å². The number of alkyl halides is 1. The lowest BCUT2D eigenvalue weighted by Crippen LogP contribution is -2.28. The van der Waals surface area contributed by atoms with Gasteiger partial charge in [0.1, 0.15) is 0 Å². The average molecular weight is 333 g/mol. The molecule has 80 valence electrons. The molecule has 1 unspecified atom stereocenters. The molecule has 1 aromatic rings. The summed E-state index contributed by atoms with van der Waals surface area (Å²) < 4.78 is 0.947. The van der Waals surface area contributed by atoms with Crippen molar-refractivity contribution in [2.24, 2.45) is 0 Å². The summed E-state index contributed by atoms with van der Waals surface area (Å²) in [4.78, 5) is 14.4. The number of nitrogens with zero attached hydrogens (tertiary/aromatic N) is 1. The van der Waals surface area contributed by atoms with Gasteiger partial charge in [-0.15, -0.1) is 0 Å². The van der Waals surface area contributed by atoms with E-state index in [-0.39, 0.29) is 5.91 Å². The molecule has 0 bridgehead atoms. The molecule has 0 saturated carbocycles. The number of carbonyl (C=O) groups excluding carboxylic acids is 1. The normalized spacial score (nSPS) is 20.7. The Morgan fingerprint density at radius 1 is 1.47 bits per heavy atom. The Kier molecular flexibility index (Phi) is 3.46. The van der Waals surface area contributed by atoms with Gasteiger partial charge < -0.3 is 4.90 Å². The van der Waals surface area contributed by atoms with E-state index < -0.39 is 0 Å². The number of rotatable bonds is 1.